The van der Waals surface area contributed by atoms with E-state index in [4.69, 9.17) is 11.6 Å². The van der Waals surface area contributed by atoms with Crippen LogP contribution >= 0.6 is 20.8 Å². The molecule has 9 heteroatoms. The summed E-state index contributed by atoms with van der Waals surface area (Å²) in [4.78, 5) is 30.7. The number of carbonyl (C=O) groups excluding carboxylic acids is 2. The molecular weight excluding hydrogens is 443 g/mol. The van der Waals surface area contributed by atoms with Gasteiger partial charge in [-0.15, -0.1) is 0 Å². The number of rotatable bonds is 6. The molecule has 0 bridgehead atoms. The fraction of sp³-hybridized carbons (Fsp3) is 0.136. The van der Waals surface area contributed by atoms with Gasteiger partial charge in [-0.25, -0.2) is 0 Å². The second-order valence-electron chi connectivity index (χ2n) is 6.80. The van der Waals surface area contributed by atoms with Crippen molar-refractivity contribution >= 4 is 38.3 Å². The lowest BCUT2D eigenvalue weighted by Crippen LogP contribution is -2.29. The number of hydrogen-bond donors (Lipinski definition) is 1. The van der Waals surface area contributed by atoms with Gasteiger partial charge in [-0.3, -0.25) is 14.6 Å². The SMILES string of the molecule is CN(Cc1cc(Cl)ccc1NC(=O)c1ccccn1)C(=O)c1ccccc1C(F)(F)P. The monoisotopic (exact) mass is 461 g/mol. The first-order chi connectivity index (χ1) is 14.7. The molecule has 1 heterocycles. The van der Waals surface area contributed by atoms with E-state index in [2.05, 4.69) is 10.3 Å². The van der Waals surface area contributed by atoms with Crippen molar-refractivity contribution in [1.82, 2.24) is 9.88 Å². The second kappa shape index (κ2) is 9.50. The normalized spacial score (nSPS) is 11.1. The average Bonchev–Trinajstić information content (AvgIpc) is 2.75. The van der Waals surface area contributed by atoms with Crippen LogP contribution in [0.3, 0.4) is 0 Å². The molecule has 0 aliphatic rings. The number of alkyl halides is 2. The molecule has 5 nitrogen and oxygen atoms in total. The standard InChI is InChI=1S/C22H19ClF2N3O2P/c1-28(21(30)16-6-2-3-7-17(16)22(24,25)31)13-14-12-15(23)9-10-18(14)27-20(29)19-8-4-5-11-26-19/h2-12H,13,31H2,1H3,(H,27,29). The van der Waals surface area contributed by atoms with E-state index >= 15 is 0 Å². The number of aromatic nitrogens is 1. The van der Waals surface area contributed by atoms with Crippen LogP contribution in [0.25, 0.3) is 0 Å². The highest BCUT2D eigenvalue weighted by Gasteiger charge is 2.30. The van der Waals surface area contributed by atoms with Crippen molar-refractivity contribution in [2.45, 2.75) is 12.2 Å². The number of carbonyl (C=O) groups is 2. The highest BCUT2D eigenvalue weighted by molar-refractivity contribution is 7.17. The number of nitrogens with zero attached hydrogens (tertiary/aromatic N) is 2. The molecule has 0 radical (unpaired) electrons. The lowest BCUT2D eigenvalue weighted by atomic mass is 10.1. The van der Waals surface area contributed by atoms with Gasteiger partial charge in [0.15, 0.2) is 0 Å². The van der Waals surface area contributed by atoms with Crippen LogP contribution in [0.15, 0.2) is 66.9 Å². The van der Waals surface area contributed by atoms with Crippen LogP contribution < -0.4 is 5.32 Å². The van der Waals surface area contributed by atoms with Gasteiger partial charge in [0.1, 0.15) is 5.69 Å². The zero-order valence-electron chi connectivity index (χ0n) is 16.5. The van der Waals surface area contributed by atoms with Gasteiger partial charge >= 0.3 is 0 Å². The van der Waals surface area contributed by atoms with Crippen LogP contribution in [0, 0.1) is 0 Å². The Morgan fingerprint density at radius 2 is 1.84 bits per heavy atom. The molecule has 1 atom stereocenters. The number of halogens is 3. The van der Waals surface area contributed by atoms with Crippen molar-refractivity contribution in [1.29, 1.82) is 0 Å². The lowest BCUT2D eigenvalue weighted by molar-refractivity contribution is 0.0752. The molecule has 2 aromatic carbocycles. The molecule has 1 N–H and O–H groups in total. The van der Waals surface area contributed by atoms with Crippen molar-refractivity contribution in [2.75, 3.05) is 12.4 Å². The van der Waals surface area contributed by atoms with E-state index < -0.39 is 17.5 Å². The molecule has 0 fully saturated rings. The molecule has 160 valence electrons. The van der Waals surface area contributed by atoms with Crippen LogP contribution in [0.4, 0.5) is 14.5 Å². The Kier molecular flexibility index (Phi) is 6.98. The van der Waals surface area contributed by atoms with Crippen molar-refractivity contribution in [3.05, 3.63) is 94.3 Å². The molecule has 31 heavy (non-hydrogen) atoms. The number of benzene rings is 2. The molecule has 0 aliphatic heterocycles. The Morgan fingerprint density at radius 1 is 1.13 bits per heavy atom. The van der Waals surface area contributed by atoms with Gasteiger partial charge in [-0.05, 0) is 42.0 Å². The Balaban J connectivity index is 1.85. The predicted molar refractivity (Wildman–Crippen MR) is 119 cm³/mol. The lowest BCUT2D eigenvalue weighted by Gasteiger charge is -2.22. The van der Waals surface area contributed by atoms with Crippen LogP contribution in [-0.4, -0.2) is 28.7 Å². The molecule has 0 spiro atoms. The smallest absolute Gasteiger partial charge is 0.284 e. The summed E-state index contributed by atoms with van der Waals surface area (Å²) in [7, 11) is 2.94. The Labute approximate surface area is 185 Å². The molecule has 0 aliphatic carbocycles. The van der Waals surface area contributed by atoms with E-state index in [1.807, 2.05) is 0 Å². The van der Waals surface area contributed by atoms with Gasteiger partial charge in [0.2, 0.25) is 0 Å². The van der Waals surface area contributed by atoms with Crippen molar-refractivity contribution in [2.24, 2.45) is 0 Å². The highest BCUT2D eigenvalue weighted by Crippen LogP contribution is 2.37. The fourth-order valence-electron chi connectivity index (χ4n) is 2.99. The minimum Gasteiger partial charge on any atom is -0.337 e. The van der Waals surface area contributed by atoms with Gasteiger partial charge < -0.3 is 10.2 Å². The third-order valence-corrected chi connectivity index (χ3v) is 5.03. The summed E-state index contributed by atoms with van der Waals surface area (Å²) in [5, 5.41) is 3.16. The van der Waals surface area contributed by atoms with E-state index in [0.717, 1.165) is 0 Å². The zero-order chi connectivity index (χ0) is 22.6. The average molecular weight is 462 g/mol. The van der Waals surface area contributed by atoms with Crippen LogP contribution in [0.1, 0.15) is 32.0 Å². The number of anilines is 1. The van der Waals surface area contributed by atoms with E-state index in [0.29, 0.717) is 16.3 Å². The summed E-state index contributed by atoms with van der Waals surface area (Å²) in [6.07, 6.45) is 1.50. The quantitative estimate of drug-likeness (QED) is 0.514. The molecule has 0 saturated heterocycles. The van der Waals surface area contributed by atoms with E-state index in [9.17, 15) is 18.4 Å². The molecule has 1 aromatic heterocycles. The minimum absolute atomic E-state index is 0.0357. The van der Waals surface area contributed by atoms with E-state index in [-0.39, 0.29) is 23.4 Å². The number of pyridine rings is 1. The van der Waals surface area contributed by atoms with Crippen molar-refractivity contribution in [3.8, 4) is 0 Å². The first-order valence-corrected chi connectivity index (χ1v) is 10.1. The van der Waals surface area contributed by atoms with E-state index in [1.165, 1.54) is 51.6 Å². The topological polar surface area (TPSA) is 62.3 Å². The van der Waals surface area contributed by atoms with Crippen molar-refractivity contribution in [3.63, 3.8) is 0 Å². The summed E-state index contributed by atoms with van der Waals surface area (Å²) in [5.74, 6) is -1.01. The Morgan fingerprint density at radius 3 is 2.52 bits per heavy atom. The molecule has 1 unspecified atom stereocenters. The molecule has 2 amide bonds. The van der Waals surface area contributed by atoms with Crippen LogP contribution in [-0.2, 0) is 12.2 Å². The summed E-state index contributed by atoms with van der Waals surface area (Å²) < 4.78 is 27.8. The molecule has 3 rings (SSSR count). The maximum atomic E-state index is 13.9. The minimum atomic E-state index is -3.25. The molecular formula is C22H19ClF2N3O2P. The van der Waals surface area contributed by atoms with Gasteiger partial charge in [0, 0.05) is 41.6 Å². The first-order valence-electron chi connectivity index (χ1n) is 9.19. The van der Waals surface area contributed by atoms with Gasteiger partial charge in [0.25, 0.3) is 17.5 Å². The Bertz CT molecular complexity index is 1110. The summed E-state index contributed by atoms with van der Waals surface area (Å²) >= 11 is 6.11. The largest absolute Gasteiger partial charge is 0.337 e. The van der Waals surface area contributed by atoms with Gasteiger partial charge in [-0.1, -0.05) is 45.1 Å². The first kappa shape index (κ1) is 22.8. The summed E-state index contributed by atoms with van der Waals surface area (Å²) in [6, 6.07) is 15.3. The molecule has 3 aromatic rings. The maximum absolute atomic E-state index is 13.9. The summed E-state index contributed by atoms with van der Waals surface area (Å²) in [6.45, 7) is 0.0357. The van der Waals surface area contributed by atoms with E-state index in [1.54, 1.807) is 36.4 Å². The van der Waals surface area contributed by atoms with Crippen LogP contribution in [0.5, 0.6) is 0 Å². The van der Waals surface area contributed by atoms with Crippen LogP contribution in [0.2, 0.25) is 5.02 Å². The number of amides is 2. The fourth-order valence-corrected chi connectivity index (χ4v) is 3.44. The second-order valence-corrected chi connectivity index (χ2v) is 7.96. The van der Waals surface area contributed by atoms with Gasteiger partial charge in [-0.2, -0.15) is 8.78 Å². The third kappa shape index (κ3) is 5.63. The number of nitrogens with one attached hydrogen (secondary N) is 1. The zero-order valence-corrected chi connectivity index (χ0v) is 18.4. The maximum Gasteiger partial charge on any atom is 0.284 e. The predicted octanol–water partition coefficient (Wildman–Crippen LogP) is 5.18. The highest BCUT2D eigenvalue weighted by atomic mass is 35.5. The summed E-state index contributed by atoms with van der Waals surface area (Å²) in [5.41, 5.74) is -2.53. The van der Waals surface area contributed by atoms with Gasteiger partial charge in [0.05, 0.1) is 0 Å². The number of hydrogen-bond acceptors (Lipinski definition) is 3. The molecule has 0 saturated carbocycles. The van der Waals surface area contributed by atoms with Crippen molar-refractivity contribution < 1.29 is 18.4 Å². The third-order valence-electron chi connectivity index (χ3n) is 4.48. The Hall–Kier alpha value is -2.89.